The Morgan fingerprint density at radius 3 is 2.65 bits per heavy atom. The van der Waals surface area contributed by atoms with E-state index in [1.165, 1.54) is 31.4 Å². The van der Waals surface area contributed by atoms with Gasteiger partial charge in [0.2, 0.25) is 0 Å². The van der Waals surface area contributed by atoms with Gasteiger partial charge in [0.15, 0.2) is 0 Å². The molecule has 1 amide bonds. The lowest BCUT2D eigenvalue weighted by molar-refractivity contribution is -0.0498. The number of rotatable bonds is 9. The number of amides is 1. The van der Waals surface area contributed by atoms with Crippen LogP contribution < -0.4 is 19.5 Å². The number of unbranched alkanes of at least 4 members (excludes halogenated alkanes) is 1. The molecule has 0 heterocycles. The quantitative estimate of drug-likeness (QED) is 0.653. The third-order valence-electron chi connectivity index (χ3n) is 3.51. The van der Waals surface area contributed by atoms with Gasteiger partial charge in [-0.2, -0.15) is 8.78 Å². The van der Waals surface area contributed by atoms with Gasteiger partial charge in [0.1, 0.15) is 17.2 Å². The average molecular weight is 365 g/mol. The molecule has 7 heteroatoms. The summed E-state index contributed by atoms with van der Waals surface area (Å²) < 4.78 is 39.9. The number of alkyl halides is 2. The van der Waals surface area contributed by atoms with Crippen molar-refractivity contribution in [2.75, 3.05) is 19.0 Å². The summed E-state index contributed by atoms with van der Waals surface area (Å²) in [6.07, 6.45) is 1.86. The highest BCUT2D eigenvalue weighted by Crippen LogP contribution is 2.30. The van der Waals surface area contributed by atoms with Crippen LogP contribution >= 0.6 is 0 Å². The number of methoxy groups -OCH3 is 1. The molecule has 2 aromatic carbocycles. The first kappa shape index (κ1) is 19.5. The number of ether oxygens (including phenoxy) is 3. The van der Waals surface area contributed by atoms with Gasteiger partial charge in [0.05, 0.1) is 19.4 Å². The number of hydrogen-bond donors (Lipinski definition) is 1. The smallest absolute Gasteiger partial charge is 0.387 e. The molecule has 0 spiro atoms. The summed E-state index contributed by atoms with van der Waals surface area (Å²) in [6.45, 7) is -0.386. The molecule has 0 aliphatic rings. The first-order valence-electron chi connectivity index (χ1n) is 8.20. The molecule has 0 saturated carbocycles. The highest BCUT2D eigenvalue weighted by molar-refractivity contribution is 6.05. The molecule has 0 aromatic heterocycles. The van der Waals surface area contributed by atoms with Crippen LogP contribution in [-0.2, 0) is 0 Å². The fourth-order valence-corrected chi connectivity index (χ4v) is 2.19. The van der Waals surface area contributed by atoms with Gasteiger partial charge >= 0.3 is 6.61 Å². The number of benzene rings is 2. The lowest BCUT2D eigenvalue weighted by atomic mass is 10.2. The van der Waals surface area contributed by atoms with E-state index >= 15 is 0 Å². The van der Waals surface area contributed by atoms with Crippen LogP contribution in [0.1, 0.15) is 30.1 Å². The van der Waals surface area contributed by atoms with E-state index in [9.17, 15) is 13.6 Å². The normalized spacial score (nSPS) is 10.5. The fraction of sp³-hybridized carbons (Fsp3) is 0.316. The van der Waals surface area contributed by atoms with Crippen molar-refractivity contribution in [1.29, 1.82) is 0 Å². The first-order chi connectivity index (χ1) is 12.5. The van der Waals surface area contributed by atoms with E-state index in [1.54, 1.807) is 18.2 Å². The number of halogens is 2. The van der Waals surface area contributed by atoms with Crippen LogP contribution in [0.5, 0.6) is 17.2 Å². The van der Waals surface area contributed by atoms with E-state index in [0.29, 0.717) is 23.8 Å². The van der Waals surface area contributed by atoms with Crippen molar-refractivity contribution in [2.45, 2.75) is 26.4 Å². The number of carbonyl (C=O) groups excluding carboxylic acids is 1. The van der Waals surface area contributed by atoms with E-state index in [2.05, 4.69) is 17.0 Å². The van der Waals surface area contributed by atoms with Gasteiger partial charge in [-0.05, 0) is 36.8 Å². The summed E-state index contributed by atoms with van der Waals surface area (Å²) in [4.78, 5) is 12.5. The summed E-state index contributed by atoms with van der Waals surface area (Å²) in [7, 11) is 1.52. The Morgan fingerprint density at radius 2 is 1.96 bits per heavy atom. The molecule has 5 nitrogen and oxygen atoms in total. The molecule has 140 valence electrons. The molecule has 26 heavy (non-hydrogen) atoms. The van der Waals surface area contributed by atoms with Crippen LogP contribution in [0.3, 0.4) is 0 Å². The molecule has 2 aromatic rings. The topological polar surface area (TPSA) is 56.8 Å². The number of hydrogen-bond acceptors (Lipinski definition) is 4. The minimum Gasteiger partial charge on any atom is -0.497 e. The summed E-state index contributed by atoms with van der Waals surface area (Å²) in [5.41, 5.74) is 0.621. The van der Waals surface area contributed by atoms with Crippen molar-refractivity contribution in [3.63, 3.8) is 0 Å². The Labute approximate surface area is 150 Å². The molecular weight excluding hydrogens is 344 g/mol. The lowest BCUT2D eigenvalue weighted by Gasteiger charge is -2.14. The van der Waals surface area contributed by atoms with Gasteiger partial charge in [-0.3, -0.25) is 4.79 Å². The van der Waals surface area contributed by atoms with Crippen molar-refractivity contribution >= 4 is 11.6 Å². The van der Waals surface area contributed by atoms with E-state index in [1.807, 2.05) is 0 Å². The number of carbonyl (C=O) groups is 1. The molecule has 0 fully saturated rings. The lowest BCUT2D eigenvalue weighted by Crippen LogP contribution is -2.14. The van der Waals surface area contributed by atoms with Crippen molar-refractivity contribution < 1.29 is 27.8 Å². The van der Waals surface area contributed by atoms with Crippen LogP contribution in [0, 0.1) is 0 Å². The van der Waals surface area contributed by atoms with E-state index in [4.69, 9.17) is 9.47 Å². The molecule has 0 radical (unpaired) electrons. The second-order valence-electron chi connectivity index (χ2n) is 5.42. The summed E-state index contributed by atoms with van der Waals surface area (Å²) in [6, 6.07) is 10.7. The molecule has 0 unspecified atom stereocenters. The Balaban J connectivity index is 2.18. The molecule has 0 saturated heterocycles. The highest BCUT2D eigenvalue weighted by Gasteiger charge is 2.13. The Bertz CT molecular complexity index is 737. The van der Waals surface area contributed by atoms with E-state index in [0.717, 1.165) is 12.8 Å². The SMILES string of the molecule is CCCCOc1ccc(OC)cc1NC(=O)c1cccc(OC(F)F)c1. The maximum atomic E-state index is 12.5. The summed E-state index contributed by atoms with van der Waals surface area (Å²) >= 11 is 0. The average Bonchev–Trinajstić information content (AvgIpc) is 2.62. The predicted molar refractivity (Wildman–Crippen MR) is 94.4 cm³/mol. The molecular formula is C19H21F2NO4. The van der Waals surface area contributed by atoms with Crippen LogP contribution in [0.2, 0.25) is 0 Å². The van der Waals surface area contributed by atoms with Crippen LogP contribution in [0.25, 0.3) is 0 Å². The standard InChI is InChI=1S/C19H21F2NO4/c1-3-4-10-25-17-9-8-14(24-2)12-16(17)22-18(23)13-6-5-7-15(11-13)26-19(20)21/h5-9,11-12,19H,3-4,10H2,1-2H3,(H,22,23). The zero-order valence-corrected chi connectivity index (χ0v) is 14.6. The zero-order chi connectivity index (χ0) is 18.9. The van der Waals surface area contributed by atoms with Gasteiger partial charge < -0.3 is 19.5 Å². The van der Waals surface area contributed by atoms with Gasteiger partial charge in [0, 0.05) is 11.6 Å². The van der Waals surface area contributed by atoms with Crippen LogP contribution in [-0.4, -0.2) is 26.2 Å². The fourth-order valence-electron chi connectivity index (χ4n) is 2.19. The Morgan fingerprint density at radius 1 is 1.15 bits per heavy atom. The molecule has 0 aliphatic heterocycles. The Hall–Kier alpha value is -2.83. The highest BCUT2D eigenvalue weighted by atomic mass is 19.3. The second-order valence-corrected chi connectivity index (χ2v) is 5.42. The van der Waals surface area contributed by atoms with Crippen LogP contribution in [0.4, 0.5) is 14.5 Å². The van der Waals surface area contributed by atoms with Gasteiger partial charge in [-0.1, -0.05) is 19.4 Å². The summed E-state index contributed by atoms with van der Waals surface area (Å²) in [5, 5.41) is 2.72. The van der Waals surface area contributed by atoms with Gasteiger partial charge in [-0.15, -0.1) is 0 Å². The molecule has 0 bridgehead atoms. The Kier molecular flexibility index (Phi) is 7.20. The van der Waals surface area contributed by atoms with E-state index in [-0.39, 0.29) is 11.3 Å². The molecule has 0 atom stereocenters. The third-order valence-corrected chi connectivity index (χ3v) is 3.51. The number of nitrogens with one attached hydrogen (secondary N) is 1. The van der Waals surface area contributed by atoms with Crippen molar-refractivity contribution in [1.82, 2.24) is 0 Å². The third kappa shape index (κ3) is 5.61. The van der Waals surface area contributed by atoms with Crippen molar-refractivity contribution in [2.24, 2.45) is 0 Å². The van der Waals surface area contributed by atoms with Crippen LogP contribution in [0.15, 0.2) is 42.5 Å². The minimum absolute atomic E-state index is 0.0855. The molecule has 2 rings (SSSR count). The number of anilines is 1. The minimum atomic E-state index is -2.95. The van der Waals surface area contributed by atoms with E-state index < -0.39 is 12.5 Å². The molecule has 1 N–H and O–H groups in total. The first-order valence-corrected chi connectivity index (χ1v) is 8.20. The van der Waals surface area contributed by atoms with Crippen molar-refractivity contribution in [3.8, 4) is 17.2 Å². The zero-order valence-electron chi connectivity index (χ0n) is 14.6. The predicted octanol–water partition coefficient (Wildman–Crippen LogP) is 4.73. The maximum absolute atomic E-state index is 12.5. The summed E-state index contributed by atoms with van der Waals surface area (Å²) in [5.74, 6) is 0.501. The van der Waals surface area contributed by atoms with Gasteiger partial charge in [-0.25, -0.2) is 0 Å². The largest absolute Gasteiger partial charge is 0.497 e. The van der Waals surface area contributed by atoms with Crippen molar-refractivity contribution in [3.05, 3.63) is 48.0 Å². The maximum Gasteiger partial charge on any atom is 0.387 e. The monoisotopic (exact) mass is 365 g/mol. The van der Waals surface area contributed by atoms with Gasteiger partial charge in [0.25, 0.3) is 5.91 Å². The molecule has 0 aliphatic carbocycles. The second kappa shape index (κ2) is 9.60.